The predicted octanol–water partition coefficient (Wildman–Crippen LogP) is 2.64. The van der Waals surface area contributed by atoms with Crippen LogP contribution in [0.25, 0.3) is 10.9 Å². The van der Waals surface area contributed by atoms with Gasteiger partial charge in [0.2, 0.25) is 0 Å². The molecule has 6 nitrogen and oxygen atoms in total. The lowest BCUT2D eigenvalue weighted by Gasteiger charge is -2.34. The molecule has 1 aliphatic heterocycles. The number of piperazine rings is 1. The lowest BCUT2D eigenvalue weighted by atomic mass is 10.2. The van der Waals surface area contributed by atoms with E-state index in [1.807, 2.05) is 18.2 Å². The fraction of sp³-hybridized carbons (Fsp3) is 0.300. The van der Waals surface area contributed by atoms with Crippen molar-refractivity contribution in [1.29, 1.82) is 0 Å². The van der Waals surface area contributed by atoms with Crippen LogP contribution in [0.4, 0.5) is 5.69 Å². The third-order valence-electron chi connectivity index (χ3n) is 5.12. The third-order valence-corrected chi connectivity index (χ3v) is 6.83. The van der Waals surface area contributed by atoms with Crippen LogP contribution in [0.3, 0.4) is 0 Å². The van der Waals surface area contributed by atoms with Crippen LogP contribution in [0.5, 0.6) is 5.75 Å². The Morgan fingerprint density at radius 1 is 0.926 bits per heavy atom. The quantitative estimate of drug-likeness (QED) is 0.691. The molecule has 1 aliphatic rings. The molecule has 7 heteroatoms. The molecule has 27 heavy (non-hydrogen) atoms. The number of benzene rings is 2. The Bertz CT molecular complexity index is 1050. The third kappa shape index (κ3) is 3.28. The first-order valence-corrected chi connectivity index (χ1v) is 10.4. The second-order valence-electron chi connectivity index (χ2n) is 6.83. The second-order valence-corrected chi connectivity index (χ2v) is 8.64. The lowest BCUT2D eigenvalue weighted by Crippen LogP contribution is -2.44. The van der Waals surface area contributed by atoms with Gasteiger partial charge >= 0.3 is 0 Å². The molecule has 1 aromatic heterocycles. The van der Waals surface area contributed by atoms with Crippen LogP contribution in [0.15, 0.2) is 59.6 Å². The number of nitrogens with zero attached hydrogens (tertiary/aromatic N) is 3. The highest BCUT2D eigenvalue weighted by Crippen LogP contribution is 2.27. The highest BCUT2D eigenvalue weighted by Gasteiger charge is 2.20. The largest absolute Gasteiger partial charge is 0.497 e. The summed E-state index contributed by atoms with van der Waals surface area (Å²) in [6.07, 6.45) is 1.62. The number of anilines is 1. The molecule has 0 atom stereocenters. The van der Waals surface area contributed by atoms with Gasteiger partial charge in [0.25, 0.3) is 10.0 Å². The van der Waals surface area contributed by atoms with Crippen LogP contribution in [0.1, 0.15) is 0 Å². The Hall–Kier alpha value is -2.51. The predicted molar refractivity (Wildman–Crippen MR) is 107 cm³/mol. The Kier molecular flexibility index (Phi) is 4.57. The van der Waals surface area contributed by atoms with Crippen LogP contribution in [0.2, 0.25) is 0 Å². The first-order chi connectivity index (χ1) is 13.0. The van der Waals surface area contributed by atoms with Gasteiger partial charge in [-0.25, -0.2) is 12.4 Å². The lowest BCUT2D eigenvalue weighted by molar-refractivity contribution is 0.313. The molecule has 0 unspecified atom stereocenters. The standard InChI is InChI=1S/C20H23N3O3S/c1-21-11-13-22(14-12-21)17-3-8-20-16(15-17)9-10-23(20)27(24,25)19-6-4-18(26-2)5-7-19/h3-10,15H,11-14H2,1-2H3. The van der Waals surface area contributed by atoms with Gasteiger partial charge in [0, 0.05) is 43.4 Å². The van der Waals surface area contributed by atoms with E-state index in [9.17, 15) is 8.42 Å². The molecular formula is C20H23N3O3S. The zero-order valence-electron chi connectivity index (χ0n) is 15.5. The Morgan fingerprint density at radius 2 is 1.63 bits per heavy atom. The van der Waals surface area contributed by atoms with E-state index in [2.05, 4.69) is 22.9 Å². The van der Waals surface area contributed by atoms with E-state index in [0.717, 1.165) is 37.3 Å². The van der Waals surface area contributed by atoms with Gasteiger partial charge in [-0.2, -0.15) is 0 Å². The highest BCUT2D eigenvalue weighted by atomic mass is 32.2. The Morgan fingerprint density at radius 3 is 2.30 bits per heavy atom. The van der Waals surface area contributed by atoms with Gasteiger partial charge in [-0.1, -0.05) is 0 Å². The number of hydrogen-bond acceptors (Lipinski definition) is 5. The Labute approximate surface area is 159 Å². The molecule has 0 N–H and O–H groups in total. The van der Waals surface area contributed by atoms with Crippen molar-refractivity contribution in [3.05, 3.63) is 54.7 Å². The average molecular weight is 385 g/mol. The summed E-state index contributed by atoms with van der Waals surface area (Å²) in [7, 11) is 0.0347. The topological polar surface area (TPSA) is 54.8 Å². The van der Waals surface area contributed by atoms with E-state index >= 15 is 0 Å². The van der Waals surface area contributed by atoms with Crippen LogP contribution in [-0.2, 0) is 10.0 Å². The van der Waals surface area contributed by atoms with Crippen molar-refractivity contribution in [2.24, 2.45) is 0 Å². The van der Waals surface area contributed by atoms with Gasteiger partial charge in [-0.15, -0.1) is 0 Å². The second kappa shape index (κ2) is 6.90. The molecule has 0 spiro atoms. The summed E-state index contributed by atoms with van der Waals surface area (Å²) in [4.78, 5) is 4.89. The van der Waals surface area contributed by atoms with E-state index in [1.54, 1.807) is 37.6 Å². The fourth-order valence-electron chi connectivity index (χ4n) is 3.44. The molecular weight excluding hydrogens is 362 g/mol. The molecule has 3 aromatic rings. The monoisotopic (exact) mass is 385 g/mol. The van der Waals surface area contributed by atoms with Crippen LogP contribution in [-0.4, -0.2) is 57.6 Å². The van der Waals surface area contributed by atoms with Crippen molar-refractivity contribution in [3.8, 4) is 5.75 Å². The summed E-state index contributed by atoms with van der Waals surface area (Å²) >= 11 is 0. The minimum Gasteiger partial charge on any atom is -0.497 e. The van der Waals surface area contributed by atoms with E-state index in [4.69, 9.17) is 4.74 Å². The number of aromatic nitrogens is 1. The first kappa shape index (κ1) is 17.9. The van der Waals surface area contributed by atoms with Crippen LogP contribution >= 0.6 is 0 Å². The summed E-state index contributed by atoms with van der Waals surface area (Å²) < 4.78 is 32.5. The molecule has 1 saturated heterocycles. The molecule has 0 aliphatic carbocycles. The van der Waals surface area contributed by atoms with Gasteiger partial charge in [0.1, 0.15) is 5.75 Å². The summed E-state index contributed by atoms with van der Waals surface area (Å²) in [5, 5.41) is 0.920. The molecule has 0 bridgehead atoms. The summed E-state index contributed by atoms with van der Waals surface area (Å²) in [5.41, 5.74) is 1.82. The van der Waals surface area contributed by atoms with Gasteiger partial charge in [-0.05, 0) is 55.6 Å². The molecule has 0 radical (unpaired) electrons. The van der Waals surface area contributed by atoms with Crippen molar-refractivity contribution in [2.45, 2.75) is 4.90 Å². The average Bonchev–Trinajstić information content (AvgIpc) is 3.12. The van der Waals surface area contributed by atoms with Gasteiger partial charge in [0.15, 0.2) is 0 Å². The summed E-state index contributed by atoms with van der Waals surface area (Å²) in [6.45, 7) is 4.02. The van der Waals surface area contributed by atoms with E-state index in [-0.39, 0.29) is 4.90 Å². The molecule has 1 fully saturated rings. The van der Waals surface area contributed by atoms with E-state index < -0.39 is 10.0 Å². The van der Waals surface area contributed by atoms with E-state index in [1.165, 1.54) is 3.97 Å². The first-order valence-electron chi connectivity index (χ1n) is 8.93. The minimum absolute atomic E-state index is 0.240. The van der Waals surface area contributed by atoms with Crippen molar-refractivity contribution in [2.75, 3.05) is 45.2 Å². The van der Waals surface area contributed by atoms with Crippen molar-refractivity contribution >= 4 is 26.6 Å². The maximum absolute atomic E-state index is 13.0. The van der Waals surface area contributed by atoms with Crippen molar-refractivity contribution in [3.63, 3.8) is 0 Å². The smallest absolute Gasteiger partial charge is 0.268 e. The number of methoxy groups -OCH3 is 1. The fourth-order valence-corrected chi connectivity index (χ4v) is 4.79. The maximum atomic E-state index is 13.0. The van der Waals surface area contributed by atoms with Gasteiger partial charge in [0.05, 0.1) is 17.5 Å². The maximum Gasteiger partial charge on any atom is 0.268 e. The van der Waals surface area contributed by atoms with Crippen LogP contribution < -0.4 is 9.64 Å². The van der Waals surface area contributed by atoms with Crippen LogP contribution in [0, 0.1) is 0 Å². The zero-order chi connectivity index (χ0) is 19.0. The van der Waals surface area contributed by atoms with Gasteiger partial charge in [-0.3, -0.25) is 0 Å². The zero-order valence-corrected chi connectivity index (χ0v) is 16.3. The van der Waals surface area contributed by atoms with Crippen molar-refractivity contribution in [1.82, 2.24) is 8.87 Å². The molecule has 4 rings (SSSR count). The number of hydrogen-bond donors (Lipinski definition) is 0. The number of likely N-dealkylation sites (N-methyl/N-ethyl adjacent to an activating group) is 1. The molecule has 0 saturated carbocycles. The minimum atomic E-state index is -3.65. The Balaban J connectivity index is 1.68. The SMILES string of the molecule is COc1ccc(S(=O)(=O)n2ccc3cc(N4CCN(C)CC4)ccc32)cc1. The van der Waals surface area contributed by atoms with Gasteiger partial charge < -0.3 is 14.5 Å². The highest BCUT2D eigenvalue weighted by molar-refractivity contribution is 7.90. The van der Waals surface area contributed by atoms with E-state index in [0.29, 0.717) is 11.3 Å². The van der Waals surface area contributed by atoms with Crippen molar-refractivity contribution < 1.29 is 13.2 Å². The summed E-state index contributed by atoms with van der Waals surface area (Å²) in [5.74, 6) is 0.628. The normalized spacial score (nSPS) is 16.0. The number of fused-ring (bicyclic) bond motifs is 1. The molecule has 2 heterocycles. The summed E-state index contributed by atoms with van der Waals surface area (Å²) in [6, 6.07) is 14.3. The molecule has 142 valence electrons. The number of rotatable bonds is 4. The number of ether oxygens (including phenoxy) is 1. The molecule has 2 aromatic carbocycles. The molecule has 0 amide bonds.